The van der Waals surface area contributed by atoms with Crippen LogP contribution in [0.3, 0.4) is 0 Å². The Kier molecular flexibility index (Phi) is 5.66. The predicted octanol–water partition coefficient (Wildman–Crippen LogP) is 2.60. The van der Waals surface area contributed by atoms with Gasteiger partial charge in [-0.1, -0.05) is 12.1 Å². The topological polar surface area (TPSA) is 66.0 Å². The highest BCUT2D eigenvalue weighted by Gasteiger charge is 2.03. The first-order valence-corrected chi connectivity index (χ1v) is 7.47. The van der Waals surface area contributed by atoms with Gasteiger partial charge in [-0.25, -0.2) is 0 Å². The van der Waals surface area contributed by atoms with E-state index >= 15 is 0 Å². The number of anilines is 3. The van der Waals surface area contributed by atoms with Crippen LogP contribution in [0.4, 0.5) is 17.5 Å². The molecular weight excluding hydrogens is 276 g/mol. The second kappa shape index (κ2) is 7.70. The van der Waals surface area contributed by atoms with Crippen LogP contribution in [0.15, 0.2) is 24.4 Å². The van der Waals surface area contributed by atoms with Gasteiger partial charge >= 0.3 is 0 Å². The second-order valence-electron chi connectivity index (χ2n) is 5.69. The van der Waals surface area contributed by atoms with Gasteiger partial charge in [0, 0.05) is 12.2 Å². The highest BCUT2D eigenvalue weighted by atomic mass is 15.3. The molecule has 2 rings (SSSR count). The van der Waals surface area contributed by atoms with E-state index in [9.17, 15) is 0 Å². The maximum atomic E-state index is 4.45. The molecule has 0 aliphatic carbocycles. The second-order valence-corrected chi connectivity index (χ2v) is 5.69. The number of hydrogen-bond donors (Lipinski definition) is 2. The first-order chi connectivity index (χ1) is 10.5. The summed E-state index contributed by atoms with van der Waals surface area (Å²) in [6, 6.07) is 6.28. The molecule has 6 nitrogen and oxygen atoms in total. The van der Waals surface area contributed by atoms with Crippen LogP contribution in [0.25, 0.3) is 0 Å². The van der Waals surface area contributed by atoms with Crippen molar-refractivity contribution >= 4 is 17.5 Å². The monoisotopic (exact) mass is 300 g/mol. The van der Waals surface area contributed by atoms with Crippen LogP contribution in [-0.2, 0) is 0 Å². The normalized spacial score (nSPS) is 10.8. The molecule has 0 aliphatic rings. The molecule has 0 aliphatic heterocycles. The van der Waals surface area contributed by atoms with Gasteiger partial charge in [-0.05, 0) is 58.1 Å². The van der Waals surface area contributed by atoms with Crippen LogP contribution in [-0.4, -0.2) is 47.3 Å². The molecule has 0 saturated carbocycles. The summed E-state index contributed by atoms with van der Waals surface area (Å²) >= 11 is 0. The Morgan fingerprint density at radius 1 is 1.18 bits per heavy atom. The molecule has 1 heterocycles. The van der Waals surface area contributed by atoms with Crippen LogP contribution >= 0.6 is 0 Å². The molecule has 1 aromatic heterocycles. The van der Waals surface area contributed by atoms with Crippen molar-refractivity contribution in [3.8, 4) is 0 Å². The smallest absolute Gasteiger partial charge is 0.244 e. The Morgan fingerprint density at radius 3 is 2.77 bits per heavy atom. The molecule has 0 saturated heterocycles. The first kappa shape index (κ1) is 16.2. The molecule has 0 atom stereocenters. The van der Waals surface area contributed by atoms with Gasteiger partial charge in [-0.15, -0.1) is 5.10 Å². The van der Waals surface area contributed by atoms with E-state index in [-0.39, 0.29) is 0 Å². The number of aryl methyl sites for hydroxylation is 2. The lowest BCUT2D eigenvalue weighted by molar-refractivity contribution is 0.405. The third-order valence-corrected chi connectivity index (χ3v) is 3.28. The van der Waals surface area contributed by atoms with Crippen molar-refractivity contribution < 1.29 is 0 Å². The van der Waals surface area contributed by atoms with E-state index in [0.29, 0.717) is 11.8 Å². The van der Waals surface area contributed by atoms with Crippen LogP contribution < -0.4 is 10.6 Å². The minimum atomic E-state index is 0.550. The lowest BCUT2D eigenvalue weighted by Gasteiger charge is -2.11. The maximum Gasteiger partial charge on any atom is 0.244 e. The summed E-state index contributed by atoms with van der Waals surface area (Å²) in [5.41, 5.74) is 3.42. The molecule has 0 bridgehead atoms. The fourth-order valence-electron chi connectivity index (χ4n) is 2.04. The fraction of sp³-hybridized carbons (Fsp3) is 0.438. The minimum Gasteiger partial charge on any atom is -0.353 e. The van der Waals surface area contributed by atoms with E-state index in [1.165, 1.54) is 11.1 Å². The summed E-state index contributed by atoms with van der Waals surface area (Å²) in [4.78, 5) is 6.60. The molecule has 0 amide bonds. The molecule has 0 fully saturated rings. The van der Waals surface area contributed by atoms with Gasteiger partial charge in [-0.2, -0.15) is 10.1 Å². The van der Waals surface area contributed by atoms with Gasteiger partial charge in [0.1, 0.15) is 0 Å². The summed E-state index contributed by atoms with van der Waals surface area (Å²) in [5, 5.41) is 14.5. The Morgan fingerprint density at radius 2 is 2.00 bits per heavy atom. The van der Waals surface area contributed by atoms with Crippen molar-refractivity contribution in [1.29, 1.82) is 0 Å². The lowest BCUT2D eigenvalue weighted by Crippen LogP contribution is -2.17. The van der Waals surface area contributed by atoms with E-state index in [2.05, 4.69) is 76.9 Å². The number of nitrogens with one attached hydrogen (secondary N) is 2. The van der Waals surface area contributed by atoms with Crippen molar-refractivity contribution in [3.63, 3.8) is 0 Å². The zero-order valence-corrected chi connectivity index (χ0v) is 13.7. The largest absolute Gasteiger partial charge is 0.353 e. The SMILES string of the molecule is Cc1ccc(C)c(Nc2cnnc(NCCCN(C)C)n2)c1. The number of benzene rings is 1. The summed E-state index contributed by atoms with van der Waals surface area (Å²) in [5.74, 6) is 1.24. The van der Waals surface area contributed by atoms with Crippen LogP contribution in [0.5, 0.6) is 0 Å². The average molecular weight is 300 g/mol. The van der Waals surface area contributed by atoms with Crippen molar-refractivity contribution in [3.05, 3.63) is 35.5 Å². The summed E-state index contributed by atoms with van der Waals surface area (Å²) < 4.78 is 0. The van der Waals surface area contributed by atoms with Crippen molar-refractivity contribution in [1.82, 2.24) is 20.1 Å². The summed E-state index contributed by atoms with van der Waals surface area (Å²) in [7, 11) is 4.12. The third kappa shape index (κ3) is 4.96. The van der Waals surface area contributed by atoms with E-state index < -0.39 is 0 Å². The molecule has 0 unspecified atom stereocenters. The Bertz CT molecular complexity index is 611. The maximum absolute atomic E-state index is 4.45. The molecule has 2 N–H and O–H groups in total. The summed E-state index contributed by atoms with van der Waals surface area (Å²) in [6.45, 7) is 5.99. The highest BCUT2D eigenvalue weighted by molar-refractivity contribution is 5.61. The molecule has 1 aromatic carbocycles. The van der Waals surface area contributed by atoms with E-state index in [0.717, 1.165) is 25.2 Å². The standard InChI is InChI=1S/C16H24N6/c1-12-6-7-13(2)14(10-12)19-15-11-18-21-16(20-15)17-8-5-9-22(3)4/h6-7,10-11H,5,8-9H2,1-4H3,(H2,17,19,20,21). The van der Waals surface area contributed by atoms with Gasteiger partial charge in [0.25, 0.3) is 0 Å². The first-order valence-electron chi connectivity index (χ1n) is 7.47. The van der Waals surface area contributed by atoms with E-state index in [1.807, 2.05) is 0 Å². The number of rotatable bonds is 7. The summed E-state index contributed by atoms with van der Waals surface area (Å²) in [6.07, 6.45) is 2.66. The molecule has 6 heteroatoms. The molecule has 0 radical (unpaired) electrons. The van der Waals surface area contributed by atoms with Crippen LogP contribution in [0.1, 0.15) is 17.5 Å². The Balaban J connectivity index is 1.97. The molecule has 2 aromatic rings. The van der Waals surface area contributed by atoms with Crippen LogP contribution in [0.2, 0.25) is 0 Å². The molecular formula is C16H24N6. The number of nitrogens with zero attached hydrogens (tertiary/aromatic N) is 4. The molecule has 118 valence electrons. The third-order valence-electron chi connectivity index (χ3n) is 3.28. The van der Waals surface area contributed by atoms with Crippen molar-refractivity contribution in [2.75, 3.05) is 37.8 Å². The number of aromatic nitrogens is 3. The average Bonchev–Trinajstić information content (AvgIpc) is 2.48. The van der Waals surface area contributed by atoms with Gasteiger partial charge < -0.3 is 15.5 Å². The molecule has 22 heavy (non-hydrogen) atoms. The van der Waals surface area contributed by atoms with E-state index in [1.54, 1.807) is 6.20 Å². The van der Waals surface area contributed by atoms with Gasteiger partial charge in [0.2, 0.25) is 5.95 Å². The lowest BCUT2D eigenvalue weighted by atomic mass is 10.1. The van der Waals surface area contributed by atoms with Gasteiger partial charge in [-0.3, -0.25) is 0 Å². The van der Waals surface area contributed by atoms with Crippen LogP contribution in [0, 0.1) is 13.8 Å². The highest BCUT2D eigenvalue weighted by Crippen LogP contribution is 2.20. The van der Waals surface area contributed by atoms with Gasteiger partial charge in [0.05, 0.1) is 6.20 Å². The Hall–Kier alpha value is -2.21. The van der Waals surface area contributed by atoms with Crippen molar-refractivity contribution in [2.45, 2.75) is 20.3 Å². The van der Waals surface area contributed by atoms with Crippen molar-refractivity contribution in [2.24, 2.45) is 0 Å². The minimum absolute atomic E-state index is 0.550. The zero-order chi connectivity index (χ0) is 15.9. The van der Waals surface area contributed by atoms with Gasteiger partial charge in [0.15, 0.2) is 5.82 Å². The predicted molar refractivity (Wildman–Crippen MR) is 90.7 cm³/mol. The zero-order valence-electron chi connectivity index (χ0n) is 13.7. The quantitative estimate of drug-likeness (QED) is 0.766. The fourth-order valence-corrected chi connectivity index (χ4v) is 2.04. The number of hydrogen-bond acceptors (Lipinski definition) is 6. The Labute approximate surface area is 132 Å². The van der Waals surface area contributed by atoms with E-state index in [4.69, 9.17) is 0 Å². The molecule has 0 spiro atoms.